The number of carbonyl (C=O) groups excluding carboxylic acids is 1. The van der Waals surface area contributed by atoms with Crippen molar-refractivity contribution in [3.05, 3.63) is 0 Å². The van der Waals surface area contributed by atoms with Gasteiger partial charge < -0.3 is 9.80 Å². The summed E-state index contributed by atoms with van der Waals surface area (Å²) in [6.45, 7) is 10.9. The fourth-order valence-corrected chi connectivity index (χ4v) is 5.46. The molecule has 0 saturated carbocycles. The van der Waals surface area contributed by atoms with Gasteiger partial charge in [0.1, 0.15) is 0 Å². The van der Waals surface area contributed by atoms with Crippen LogP contribution in [0.2, 0.25) is 0 Å². The van der Waals surface area contributed by atoms with E-state index in [1.165, 1.54) is 121 Å². The van der Waals surface area contributed by atoms with Crippen LogP contribution >= 0.6 is 11.8 Å². The largest absolute Gasteiger partial charge is 0.350 e. The van der Waals surface area contributed by atoms with Gasteiger partial charge in [-0.25, -0.2) is 0 Å². The van der Waals surface area contributed by atoms with Gasteiger partial charge >= 0.3 is 0 Å². The lowest BCUT2D eigenvalue weighted by Crippen LogP contribution is -2.48. The van der Waals surface area contributed by atoms with Gasteiger partial charge in [0.05, 0.1) is 33.2 Å². The first-order chi connectivity index (χ1) is 16.6. The number of hydrogen-bond donors (Lipinski definition) is 1. The molecule has 34 heavy (non-hydrogen) atoms. The van der Waals surface area contributed by atoms with Crippen molar-refractivity contribution in [2.45, 2.75) is 143 Å². The summed E-state index contributed by atoms with van der Waals surface area (Å²) in [7, 11) is 2.27. The molecule has 0 heterocycles. The molecule has 0 rings (SSSR count). The van der Waals surface area contributed by atoms with E-state index in [9.17, 15) is 4.79 Å². The fraction of sp³-hybridized carbons (Fsp3) is 0.967. The average molecular weight is 500 g/mol. The zero-order chi connectivity index (χ0) is 25.2. The van der Waals surface area contributed by atoms with Gasteiger partial charge in [0.15, 0.2) is 0 Å². The Morgan fingerprint density at radius 2 is 1.03 bits per heavy atom. The molecular weight excluding hydrogens is 436 g/mol. The van der Waals surface area contributed by atoms with Gasteiger partial charge in [0.25, 0.3) is 0 Å². The van der Waals surface area contributed by atoms with E-state index < -0.39 is 0 Å². The van der Waals surface area contributed by atoms with Crippen LogP contribution in [-0.2, 0) is 4.79 Å². The first kappa shape index (κ1) is 33.8. The summed E-state index contributed by atoms with van der Waals surface area (Å²) in [5, 5.41) is 3.11. The Hall–Kier alpha value is -0.220. The van der Waals surface area contributed by atoms with E-state index in [0.29, 0.717) is 6.42 Å². The molecule has 0 aliphatic rings. The van der Waals surface area contributed by atoms with Crippen LogP contribution in [0.3, 0.4) is 0 Å². The maximum Gasteiger partial charge on any atom is 0.220 e. The quantitative estimate of drug-likeness (QED) is 0.0904. The number of thioether (sulfide) groups is 1. The average Bonchev–Trinajstić information content (AvgIpc) is 2.84. The number of nitrogens with zero attached hydrogens (tertiary/aromatic N) is 1. The Bertz CT molecular complexity index is 426. The topological polar surface area (TPSA) is 29.1 Å². The second kappa shape index (κ2) is 25.9. The second-order valence-electron chi connectivity index (χ2n) is 10.7. The number of nitrogens with one attached hydrogen (secondary N) is 1. The standard InChI is InChI=1S/C30H62N2OS/c1-5-8-9-10-11-12-14-17-20-23-28-34-29-24-21-18-15-13-16-19-22-25-30(33)31-26-27-32(4,6-2)7-3/h5-29H2,1-4H3/p+1. The number of quaternary nitrogens is 1. The highest BCUT2D eigenvalue weighted by atomic mass is 32.2. The predicted octanol–water partition coefficient (Wildman–Crippen LogP) is 8.75. The highest BCUT2D eigenvalue weighted by Crippen LogP contribution is 2.15. The van der Waals surface area contributed by atoms with Gasteiger partial charge in [-0.3, -0.25) is 4.79 Å². The number of hydrogen-bond acceptors (Lipinski definition) is 2. The third-order valence-corrected chi connectivity index (χ3v) is 8.74. The molecule has 0 unspecified atom stereocenters. The molecule has 0 atom stereocenters. The molecule has 0 saturated heterocycles. The van der Waals surface area contributed by atoms with E-state index in [4.69, 9.17) is 0 Å². The predicted molar refractivity (Wildman–Crippen MR) is 156 cm³/mol. The van der Waals surface area contributed by atoms with Crippen LogP contribution in [0.5, 0.6) is 0 Å². The van der Waals surface area contributed by atoms with Crippen LogP contribution in [-0.4, -0.2) is 55.1 Å². The lowest BCUT2D eigenvalue weighted by atomic mass is 10.1. The minimum absolute atomic E-state index is 0.245. The normalized spacial score (nSPS) is 11.8. The summed E-state index contributed by atoms with van der Waals surface area (Å²) in [6, 6.07) is 0. The van der Waals surface area contributed by atoms with Gasteiger partial charge in [0.2, 0.25) is 5.91 Å². The summed E-state index contributed by atoms with van der Waals surface area (Å²) < 4.78 is 1.04. The molecule has 0 aliphatic carbocycles. The Labute approximate surface area is 219 Å². The van der Waals surface area contributed by atoms with E-state index in [0.717, 1.165) is 37.1 Å². The SMILES string of the molecule is CCCCCCCCCCCCSCCCCCCCCCCC(=O)NCC[N+](C)(CC)CC. The van der Waals surface area contributed by atoms with Gasteiger partial charge in [-0.2, -0.15) is 11.8 Å². The minimum atomic E-state index is 0.245. The monoisotopic (exact) mass is 499 g/mol. The van der Waals surface area contributed by atoms with Crippen LogP contribution in [0.1, 0.15) is 143 Å². The second-order valence-corrected chi connectivity index (χ2v) is 11.9. The molecule has 204 valence electrons. The van der Waals surface area contributed by atoms with Gasteiger partial charge in [-0.15, -0.1) is 0 Å². The van der Waals surface area contributed by atoms with E-state index >= 15 is 0 Å². The molecular formula is C30H63N2OS+. The Morgan fingerprint density at radius 1 is 0.618 bits per heavy atom. The smallest absolute Gasteiger partial charge is 0.220 e. The summed E-state index contributed by atoms with van der Waals surface area (Å²) in [6.07, 6.45) is 25.6. The Morgan fingerprint density at radius 3 is 1.47 bits per heavy atom. The summed E-state index contributed by atoms with van der Waals surface area (Å²) in [5.41, 5.74) is 0. The number of amides is 1. The molecule has 0 aromatic carbocycles. The van der Waals surface area contributed by atoms with Crippen molar-refractivity contribution in [2.24, 2.45) is 0 Å². The zero-order valence-corrected chi connectivity index (χ0v) is 24.8. The third kappa shape index (κ3) is 23.5. The van der Waals surface area contributed by atoms with E-state index in [1.807, 2.05) is 0 Å². The number of likely N-dealkylation sites (N-methyl/N-ethyl adjacent to an activating group) is 1. The first-order valence-corrected chi connectivity index (χ1v) is 16.4. The fourth-order valence-electron chi connectivity index (χ4n) is 4.44. The molecule has 1 amide bonds. The highest BCUT2D eigenvalue weighted by Gasteiger charge is 2.15. The van der Waals surface area contributed by atoms with Crippen LogP contribution in [0.15, 0.2) is 0 Å². The third-order valence-electron chi connectivity index (χ3n) is 7.59. The van der Waals surface area contributed by atoms with Crippen LogP contribution in [0.4, 0.5) is 0 Å². The highest BCUT2D eigenvalue weighted by molar-refractivity contribution is 7.99. The van der Waals surface area contributed by atoms with Crippen LogP contribution in [0, 0.1) is 0 Å². The number of unbranched alkanes of at least 4 members (excludes halogenated alkanes) is 16. The van der Waals surface area contributed by atoms with Crippen molar-refractivity contribution >= 4 is 17.7 Å². The van der Waals surface area contributed by atoms with E-state index in [1.54, 1.807) is 0 Å². The van der Waals surface area contributed by atoms with Crippen molar-refractivity contribution in [1.82, 2.24) is 5.32 Å². The maximum atomic E-state index is 12.0. The molecule has 0 bridgehead atoms. The van der Waals surface area contributed by atoms with Crippen molar-refractivity contribution < 1.29 is 9.28 Å². The van der Waals surface area contributed by atoms with Gasteiger partial charge in [-0.05, 0) is 44.6 Å². The van der Waals surface area contributed by atoms with E-state index in [-0.39, 0.29) is 5.91 Å². The molecule has 0 aromatic heterocycles. The first-order valence-electron chi connectivity index (χ1n) is 15.3. The van der Waals surface area contributed by atoms with Crippen molar-refractivity contribution in [2.75, 3.05) is 44.7 Å². The molecule has 0 spiro atoms. The van der Waals surface area contributed by atoms with Crippen molar-refractivity contribution in [3.8, 4) is 0 Å². The Kier molecular flexibility index (Phi) is 25.7. The zero-order valence-electron chi connectivity index (χ0n) is 23.9. The van der Waals surface area contributed by atoms with Crippen LogP contribution < -0.4 is 5.32 Å². The molecule has 3 nitrogen and oxygen atoms in total. The van der Waals surface area contributed by atoms with Gasteiger partial charge in [-0.1, -0.05) is 103 Å². The number of rotatable bonds is 27. The van der Waals surface area contributed by atoms with Gasteiger partial charge in [0, 0.05) is 6.42 Å². The minimum Gasteiger partial charge on any atom is -0.350 e. The molecule has 0 aliphatic heterocycles. The lowest BCUT2D eigenvalue weighted by Gasteiger charge is -2.32. The lowest BCUT2D eigenvalue weighted by molar-refractivity contribution is -0.904. The molecule has 0 radical (unpaired) electrons. The summed E-state index contributed by atoms with van der Waals surface area (Å²) >= 11 is 2.18. The molecule has 0 aromatic rings. The Balaban J connectivity index is 3.21. The molecule has 1 N–H and O–H groups in total. The van der Waals surface area contributed by atoms with Crippen LogP contribution in [0.25, 0.3) is 0 Å². The van der Waals surface area contributed by atoms with Crippen molar-refractivity contribution in [1.29, 1.82) is 0 Å². The van der Waals surface area contributed by atoms with E-state index in [2.05, 4.69) is 44.9 Å². The summed E-state index contributed by atoms with van der Waals surface area (Å²) in [5.74, 6) is 2.98. The molecule has 0 fully saturated rings. The number of carbonyl (C=O) groups is 1. The van der Waals surface area contributed by atoms with Crippen molar-refractivity contribution in [3.63, 3.8) is 0 Å². The summed E-state index contributed by atoms with van der Waals surface area (Å²) in [4.78, 5) is 12.0. The molecule has 4 heteroatoms. The maximum absolute atomic E-state index is 12.0.